The van der Waals surface area contributed by atoms with Crippen LogP contribution in [0.25, 0.3) is 0 Å². The third-order valence-electron chi connectivity index (χ3n) is 3.62. The Labute approximate surface area is 124 Å². The van der Waals surface area contributed by atoms with Gasteiger partial charge >= 0.3 is 0 Å². The molecule has 1 fully saturated rings. The molecule has 0 bridgehead atoms. The lowest BCUT2D eigenvalue weighted by molar-refractivity contribution is 0.225. The van der Waals surface area contributed by atoms with E-state index in [1.807, 2.05) is 12.1 Å². The first-order valence-electron chi connectivity index (χ1n) is 7.16. The fourth-order valence-corrected chi connectivity index (χ4v) is 2.93. The van der Waals surface area contributed by atoms with E-state index in [2.05, 4.69) is 26.1 Å². The molecule has 0 spiro atoms. The van der Waals surface area contributed by atoms with Gasteiger partial charge in [-0.15, -0.1) is 0 Å². The molecule has 2 N–H and O–H groups in total. The molecule has 2 rings (SSSR count). The predicted octanol–water partition coefficient (Wildman–Crippen LogP) is 3.12. The maximum Gasteiger partial charge on any atom is 0.129 e. The Hall–Kier alpha value is -0.580. The molecule has 0 amide bonds. The maximum absolute atomic E-state index is 9.42. The first-order chi connectivity index (χ1) is 9.25. The Morgan fingerprint density at radius 2 is 2.00 bits per heavy atom. The summed E-state index contributed by atoms with van der Waals surface area (Å²) in [5.74, 6) is 0.300. The van der Waals surface area contributed by atoms with Crippen LogP contribution in [-0.2, 0) is 6.54 Å². The Kier molecular flexibility index (Phi) is 6.14. The van der Waals surface area contributed by atoms with Crippen molar-refractivity contribution in [3.05, 3.63) is 28.2 Å². The Morgan fingerprint density at radius 3 is 2.74 bits per heavy atom. The number of piperidine rings is 1. The number of phenolic OH excluding ortho intramolecular Hbond substituents is 1. The number of rotatable bonds is 6. The molecule has 0 aliphatic carbocycles. The summed E-state index contributed by atoms with van der Waals surface area (Å²) in [5, 5.41) is 12.9. The van der Waals surface area contributed by atoms with Gasteiger partial charge in [0, 0.05) is 6.54 Å². The van der Waals surface area contributed by atoms with Crippen LogP contribution in [0, 0.1) is 0 Å². The van der Waals surface area contributed by atoms with Crippen LogP contribution in [0.1, 0.15) is 31.2 Å². The second-order valence-electron chi connectivity index (χ2n) is 5.22. The molecular weight excluding hydrogens is 304 g/mol. The molecule has 3 nitrogen and oxygen atoms in total. The van der Waals surface area contributed by atoms with E-state index in [4.69, 9.17) is 0 Å². The number of hydrogen-bond donors (Lipinski definition) is 2. The zero-order chi connectivity index (χ0) is 13.5. The van der Waals surface area contributed by atoms with Crippen molar-refractivity contribution in [3.8, 4) is 5.75 Å². The van der Waals surface area contributed by atoms with Crippen LogP contribution < -0.4 is 5.32 Å². The zero-order valence-electron chi connectivity index (χ0n) is 11.4. The minimum atomic E-state index is 0.300. The third-order valence-corrected chi connectivity index (χ3v) is 4.25. The monoisotopic (exact) mass is 326 g/mol. The van der Waals surface area contributed by atoms with Crippen LogP contribution in [0.3, 0.4) is 0 Å². The van der Waals surface area contributed by atoms with Crippen molar-refractivity contribution >= 4 is 15.9 Å². The number of benzene rings is 1. The lowest BCUT2D eigenvalue weighted by atomic mass is 10.1. The van der Waals surface area contributed by atoms with E-state index >= 15 is 0 Å². The molecule has 106 valence electrons. The molecule has 4 heteroatoms. The predicted molar refractivity (Wildman–Crippen MR) is 82.4 cm³/mol. The number of hydrogen-bond acceptors (Lipinski definition) is 3. The Balaban J connectivity index is 1.59. The summed E-state index contributed by atoms with van der Waals surface area (Å²) in [6.45, 7) is 5.69. The van der Waals surface area contributed by atoms with Crippen molar-refractivity contribution < 1.29 is 5.11 Å². The Morgan fingerprint density at radius 1 is 1.21 bits per heavy atom. The fraction of sp³-hybridized carbons (Fsp3) is 0.600. The fourth-order valence-electron chi connectivity index (χ4n) is 2.50. The van der Waals surface area contributed by atoms with Gasteiger partial charge in [0.2, 0.25) is 0 Å². The quantitative estimate of drug-likeness (QED) is 0.788. The smallest absolute Gasteiger partial charge is 0.129 e. The van der Waals surface area contributed by atoms with Gasteiger partial charge in [-0.3, -0.25) is 0 Å². The second-order valence-corrected chi connectivity index (χ2v) is 6.07. The normalized spacial score (nSPS) is 16.7. The highest BCUT2D eigenvalue weighted by Gasteiger charge is 2.08. The summed E-state index contributed by atoms with van der Waals surface area (Å²) in [7, 11) is 0. The molecule has 0 radical (unpaired) electrons. The molecule has 1 saturated heterocycles. The summed E-state index contributed by atoms with van der Waals surface area (Å²) in [5.41, 5.74) is 1.20. The van der Waals surface area contributed by atoms with E-state index in [9.17, 15) is 5.11 Å². The summed E-state index contributed by atoms with van der Waals surface area (Å²) in [4.78, 5) is 2.57. The third kappa shape index (κ3) is 5.13. The van der Waals surface area contributed by atoms with Crippen LogP contribution in [0.4, 0.5) is 0 Å². The van der Waals surface area contributed by atoms with Crippen molar-refractivity contribution in [1.29, 1.82) is 0 Å². The van der Waals surface area contributed by atoms with Crippen molar-refractivity contribution in [2.75, 3.05) is 26.2 Å². The van der Waals surface area contributed by atoms with Gasteiger partial charge in [-0.05, 0) is 79.1 Å². The van der Waals surface area contributed by atoms with Crippen molar-refractivity contribution in [2.45, 2.75) is 32.2 Å². The molecule has 0 unspecified atom stereocenters. The highest BCUT2D eigenvalue weighted by Crippen LogP contribution is 2.24. The summed E-state index contributed by atoms with van der Waals surface area (Å²) in [6.07, 6.45) is 5.35. The number of aromatic hydroxyl groups is 1. The van der Waals surface area contributed by atoms with E-state index in [0.29, 0.717) is 5.75 Å². The van der Waals surface area contributed by atoms with Crippen LogP contribution in [0.2, 0.25) is 0 Å². The first kappa shape index (κ1) is 14.8. The average molecular weight is 327 g/mol. The SMILES string of the molecule is Oc1ccc(CNCCCN2CCCCC2)cc1Br. The van der Waals surface area contributed by atoms with E-state index in [0.717, 1.165) is 17.6 Å². The lowest BCUT2D eigenvalue weighted by Crippen LogP contribution is -2.32. The molecule has 1 heterocycles. The van der Waals surface area contributed by atoms with E-state index in [1.165, 1.54) is 50.9 Å². The Bertz CT molecular complexity index is 392. The molecule has 1 aromatic carbocycles. The molecular formula is C15H23BrN2O. The van der Waals surface area contributed by atoms with Crippen LogP contribution in [-0.4, -0.2) is 36.2 Å². The largest absolute Gasteiger partial charge is 0.507 e. The van der Waals surface area contributed by atoms with Crippen LogP contribution in [0.15, 0.2) is 22.7 Å². The van der Waals surface area contributed by atoms with Gasteiger partial charge < -0.3 is 15.3 Å². The van der Waals surface area contributed by atoms with Gasteiger partial charge in [0.1, 0.15) is 5.75 Å². The van der Waals surface area contributed by atoms with Gasteiger partial charge in [-0.1, -0.05) is 12.5 Å². The van der Waals surface area contributed by atoms with Gasteiger partial charge in [0.25, 0.3) is 0 Å². The molecule has 1 aliphatic rings. The molecule has 0 atom stereocenters. The van der Waals surface area contributed by atoms with Crippen molar-refractivity contribution in [1.82, 2.24) is 10.2 Å². The minimum absolute atomic E-state index is 0.300. The summed E-state index contributed by atoms with van der Waals surface area (Å²) < 4.78 is 0.764. The van der Waals surface area contributed by atoms with Gasteiger partial charge in [0.15, 0.2) is 0 Å². The zero-order valence-corrected chi connectivity index (χ0v) is 13.0. The number of nitrogens with one attached hydrogen (secondary N) is 1. The van der Waals surface area contributed by atoms with Crippen LogP contribution >= 0.6 is 15.9 Å². The first-order valence-corrected chi connectivity index (χ1v) is 7.95. The molecule has 1 aliphatic heterocycles. The minimum Gasteiger partial charge on any atom is -0.507 e. The van der Waals surface area contributed by atoms with Gasteiger partial charge in [-0.2, -0.15) is 0 Å². The highest BCUT2D eigenvalue weighted by molar-refractivity contribution is 9.10. The van der Waals surface area contributed by atoms with Gasteiger partial charge in [-0.25, -0.2) is 0 Å². The van der Waals surface area contributed by atoms with E-state index in [1.54, 1.807) is 6.07 Å². The molecule has 0 aromatic heterocycles. The maximum atomic E-state index is 9.42. The number of phenols is 1. The molecule has 0 saturated carbocycles. The molecule has 19 heavy (non-hydrogen) atoms. The standard InChI is InChI=1S/C15H23BrN2O/c16-14-11-13(5-6-15(14)19)12-17-7-4-10-18-8-2-1-3-9-18/h5-6,11,17,19H,1-4,7-10,12H2. The van der Waals surface area contributed by atoms with Crippen LogP contribution in [0.5, 0.6) is 5.75 Å². The lowest BCUT2D eigenvalue weighted by Gasteiger charge is -2.26. The molecule has 1 aromatic rings. The highest BCUT2D eigenvalue weighted by atomic mass is 79.9. The second kappa shape index (κ2) is 7.88. The number of nitrogens with zero attached hydrogens (tertiary/aromatic N) is 1. The topological polar surface area (TPSA) is 35.5 Å². The average Bonchev–Trinajstić information content (AvgIpc) is 2.43. The summed E-state index contributed by atoms with van der Waals surface area (Å²) >= 11 is 3.34. The number of halogens is 1. The van der Waals surface area contributed by atoms with E-state index < -0.39 is 0 Å². The van der Waals surface area contributed by atoms with Gasteiger partial charge in [0.05, 0.1) is 4.47 Å². The van der Waals surface area contributed by atoms with Crippen molar-refractivity contribution in [2.24, 2.45) is 0 Å². The van der Waals surface area contributed by atoms with Crippen molar-refractivity contribution in [3.63, 3.8) is 0 Å². The van der Waals surface area contributed by atoms with E-state index in [-0.39, 0.29) is 0 Å². The summed E-state index contributed by atoms with van der Waals surface area (Å²) in [6, 6.07) is 5.65. The number of likely N-dealkylation sites (tertiary alicyclic amines) is 1.